The van der Waals surface area contributed by atoms with E-state index in [0.29, 0.717) is 26.2 Å². The zero-order chi connectivity index (χ0) is 18.0. The van der Waals surface area contributed by atoms with Gasteiger partial charge < -0.3 is 15.1 Å². The SMILES string of the molecule is Cc1ccc(NC(=O)N2CCN(c3ccc(F)c(Cl)c3)CC2)c(C)c1. The van der Waals surface area contributed by atoms with E-state index in [1.807, 2.05) is 32.0 Å². The molecular weight excluding hydrogens is 341 g/mol. The predicted octanol–water partition coefficient (Wildman–Crippen LogP) is 4.45. The standard InChI is InChI=1S/C19H21ClFN3O/c1-13-3-6-18(14(2)11-13)22-19(25)24-9-7-23(8-10-24)15-4-5-17(21)16(20)12-15/h3-6,11-12H,7-10H2,1-2H3,(H,22,25). The van der Waals surface area contributed by atoms with Crippen LogP contribution < -0.4 is 10.2 Å². The van der Waals surface area contributed by atoms with Crippen LogP contribution >= 0.6 is 11.6 Å². The molecule has 1 N–H and O–H groups in total. The summed E-state index contributed by atoms with van der Waals surface area (Å²) in [5.74, 6) is -0.420. The molecule has 2 aromatic carbocycles. The van der Waals surface area contributed by atoms with Crippen molar-refractivity contribution in [3.05, 3.63) is 58.4 Å². The number of halogens is 2. The number of nitrogens with one attached hydrogen (secondary N) is 1. The summed E-state index contributed by atoms with van der Waals surface area (Å²) in [4.78, 5) is 16.4. The van der Waals surface area contributed by atoms with Gasteiger partial charge in [0.15, 0.2) is 0 Å². The Morgan fingerprint density at radius 1 is 1.08 bits per heavy atom. The normalized spacial score (nSPS) is 14.6. The largest absolute Gasteiger partial charge is 0.368 e. The highest BCUT2D eigenvalue weighted by Crippen LogP contribution is 2.24. The van der Waals surface area contributed by atoms with Gasteiger partial charge in [-0.25, -0.2) is 9.18 Å². The van der Waals surface area contributed by atoms with Gasteiger partial charge in [-0.2, -0.15) is 0 Å². The van der Waals surface area contributed by atoms with Gasteiger partial charge in [0.05, 0.1) is 5.02 Å². The molecule has 2 amide bonds. The number of benzene rings is 2. The Morgan fingerprint density at radius 2 is 1.80 bits per heavy atom. The van der Waals surface area contributed by atoms with Crippen LogP contribution in [0.4, 0.5) is 20.6 Å². The molecule has 1 aliphatic heterocycles. The summed E-state index contributed by atoms with van der Waals surface area (Å²) in [7, 11) is 0. The molecule has 6 heteroatoms. The van der Waals surface area contributed by atoms with Crippen molar-refractivity contribution in [2.45, 2.75) is 13.8 Å². The van der Waals surface area contributed by atoms with Crippen LogP contribution in [-0.2, 0) is 0 Å². The van der Waals surface area contributed by atoms with E-state index >= 15 is 0 Å². The van der Waals surface area contributed by atoms with Crippen molar-refractivity contribution in [3.8, 4) is 0 Å². The number of piperazine rings is 1. The molecule has 132 valence electrons. The van der Waals surface area contributed by atoms with Crippen LogP contribution in [0.2, 0.25) is 5.02 Å². The van der Waals surface area contributed by atoms with Crippen molar-refractivity contribution in [1.29, 1.82) is 0 Å². The number of rotatable bonds is 2. The lowest BCUT2D eigenvalue weighted by Crippen LogP contribution is -2.50. The first-order chi connectivity index (χ1) is 11.9. The summed E-state index contributed by atoms with van der Waals surface area (Å²) in [6, 6.07) is 10.6. The number of hydrogen-bond acceptors (Lipinski definition) is 2. The first-order valence-electron chi connectivity index (χ1n) is 8.27. The van der Waals surface area contributed by atoms with Gasteiger partial charge >= 0.3 is 6.03 Å². The molecule has 0 atom stereocenters. The fourth-order valence-corrected chi connectivity index (χ4v) is 3.17. The average Bonchev–Trinajstić information content (AvgIpc) is 2.60. The molecule has 0 radical (unpaired) electrons. The molecule has 1 heterocycles. The molecular formula is C19H21ClFN3O. The van der Waals surface area contributed by atoms with Crippen LogP contribution in [0.1, 0.15) is 11.1 Å². The van der Waals surface area contributed by atoms with Crippen LogP contribution in [0.5, 0.6) is 0 Å². The van der Waals surface area contributed by atoms with Crippen LogP contribution in [0.15, 0.2) is 36.4 Å². The molecule has 0 bridgehead atoms. The van der Waals surface area contributed by atoms with E-state index in [-0.39, 0.29) is 11.1 Å². The van der Waals surface area contributed by atoms with E-state index in [2.05, 4.69) is 10.2 Å². The quantitative estimate of drug-likeness (QED) is 0.857. The Morgan fingerprint density at radius 3 is 2.44 bits per heavy atom. The summed E-state index contributed by atoms with van der Waals surface area (Å²) in [5, 5.41) is 3.09. The second-order valence-corrected chi connectivity index (χ2v) is 6.73. The maximum atomic E-state index is 13.3. The molecule has 4 nitrogen and oxygen atoms in total. The van der Waals surface area contributed by atoms with Crippen molar-refractivity contribution >= 4 is 29.0 Å². The van der Waals surface area contributed by atoms with Crippen LogP contribution in [0.3, 0.4) is 0 Å². The molecule has 1 fully saturated rings. The Bertz CT molecular complexity index is 788. The van der Waals surface area contributed by atoms with Crippen LogP contribution in [0.25, 0.3) is 0 Å². The third-order valence-electron chi connectivity index (χ3n) is 4.46. The van der Waals surface area contributed by atoms with Gasteiger partial charge in [-0.3, -0.25) is 0 Å². The molecule has 2 aromatic rings. The Balaban J connectivity index is 1.59. The first-order valence-corrected chi connectivity index (χ1v) is 8.65. The minimum atomic E-state index is -0.420. The summed E-state index contributed by atoms with van der Waals surface area (Å²) in [5.41, 5.74) is 3.93. The second kappa shape index (κ2) is 7.31. The fraction of sp³-hybridized carbons (Fsp3) is 0.316. The molecule has 1 saturated heterocycles. The molecule has 1 aliphatic rings. The van der Waals surface area contributed by atoms with Crippen molar-refractivity contribution < 1.29 is 9.18 Å². The Hall–Kier alpha value is -2.27. The number of carbonyl (C=O) groups excluding carboxylic acids is 1. The Kier molecular flexibility index (Phi) is 5.13. The highest BCUT2D eigenvalue weighted by molar-refractivity contribution is 6.31. The van der Waals surface area contributed by atoms with Gasteiger partial charge in [-0.1, -0.05) is 29.3 Å². The van der Waals surface area contributed by atoms with E-state index in [1.165, 1.54) is 11.6 Å². The van der Waals surface area contributed by atoms with E-state index < -0.39 is 5.82 Å². The van der Waals surface area contributed by atoms with Crippen LogP contribution in [0, 0.1) is 19.7 Å². The second-order valence-electron chi connectivity index (χ2n) is 6.32. The van der Waals surface area contributed by atoms with Gasteiger partial charge in [-0.15, -0.1) is 0 Å². The molecule has 25 heavy (non-hydrogen) atoms. The number of aryl methyl sites for hydroxylation is 2. The summed E-state index contributed by atoms with van der Waals surface area (Å²) < 4.78 is 13.3. The third kappa shape index (κ3) is 4.04. The number of carbonyl (C=O) groups is 1. The van der Waals surface area contributed by atoms with E-state index in [4.69, 9.17) is 11.6 Å². The summed E-state index contributed by atoms with van der Waals surface area (Å²) in [6.45, 7) is 6.58. The van der Waals surface area contributed by atoms with Gasteiger partial charge in [0, 0.05) is 37.6 Å². The monoisotopic (exact) mass is 361 g/mol. The molecule has 0 unspecified atom stereocenters. The topological polar surface area (TPSA) is 35.6 Å². The molecule has 3 rings (SSSR count). The molecule has 0 spiro atoms. The lowest BCUT2D eigenvalue weighted by atomic mass is 10.1. The van der Waals surface area contributed by atoms with Gasteiger partial charge in [0.1, 0.15) is 5.82 Å². The summed E-state index contributed by atoms with van der Waals surface area (Å²) in [6.07, 6.45) is 0. The zero-order valence-electron chi connectivity index (χ0n) is 14.4. The highest BCUT2D eigenvalue weighted by Gasteiger charge is 2.22. The minimum absolute atomic E-state index is 0.0938. The van der Waals surface area contributed by atoms with Gasteiger partial charge in [0.25, 0.3) is 0 Å². The van der Waals surface area contributed by atoms with E-state index in [0.717, 1.165) is 16.9 Å². The molecule has 0 aliphatic carbocycles. The number of anilines is 2. The number of amides is 2. The maximum Gasteiger partial charge on any atom is 0.321 e. The maximum absolute atomic E-state index is 13.3. The van der Waals surface area contributed by atoms with E-state index in [1.54, 1.807) is 17.0 Å². The molecule has 0 aromatic heterocycles. The number of nitrogens with zero attached hydrogens (tertiary/aromatic N) is 2. The lowest BCUT2D eigenvalue weighted by Gasteiger charge is -2.36. The van der Waals surface area contributed by atoms with Gasteiger partial charge in [0.2, 0.25) is 0 Å². The van der Waals surface area contributed by atoms with Crippen molar-refractivity contribution in [3.63, 3.8) is 0 Å². The highest BCUT2D eigenvalue weighted by atomic mass is 35.5. The summed E-state index contributed by atoms with van der Waals surface area (Å²) >= 11 is 5.85. The molecule has 0 saturated carbocycles. The minimum Gasteiger partial charge on any atom is -0.368 e. The van der Waals surface area contributed by atoms with E-state index in [9.17, 15) is 9.18 Å². The fourth-order valence-electron chi connectivity index (χ4n) is 3.00. The predicted molar refractivity (Wildman–Crippen MR) is 100 cm³/mol. The zero-order valence-corrected chi connectivity index (χ0v) is 15.1. The number of urea groups is 1. The third-order valence-corrected chi connectivity index (χ3v) is 4.75. The number of hydrogen-bond donors (Lipinski definition) is 1. The average molecular weight is 362 g/mol. The van der Waals surface area contributed by atoms with Gasteiger partial charge in [-0.05, 0) is 43.7 Å². The first kappa shape index (κ1) is 17.5. The smallest absolute Gasteiger partial charge is 0.321 e. The van der Waals surface area contributed by atoms with Crippen molar-refractivity contribution in [2.75, 3.05) is 36.4 Å². The Labute approximate surface area is 152 Å². The van der Waals surface area contributed by atoms with Crippen molar-refractivity contribution in [2.24, 2.45) is 0 Å². The van der Waals surface area contributed by atoms with Crippen LogP contribution in [-0.4, -0.2) is 37.1 Å². The lowest BCUT2D eigenvalue weighted by molar-refractivity contribution is 0.208. The van der Waals surface area contributed by atoms with Crippen molar-refractivity contribution in [1.82, 2.24) is 4.90 Å².